The number of ether oxygens (including phenoxy) is 1. The summed E-state index contributed by atoms with van der Waals surface area (Å²) in [4.78, 5) is 14.7. The van der Waals surface area contributed by atoms with E-state index in [1.54, 1.807) is 18.3 Å². The fourth-order valence-electron chi connectivity index (χ4n) is 3.18. The van der Waals surface area contributed by atoms with Gasteiger partial charge in [-0.05, 0) is 48.8 Å². The van der Waals surface area contributed by atoms with Crippen molar-refractivity contribution >= 4 is 17.1 Å². The minimum atomic E-state index is 0.159. The van der Waals surface area contributed by atoms with Crippen molar-refractivity contribution in [3.05, 3.63) is 57.8 Å². The Balaban J connectivity index is 1.44. The Bertz CT molecular complexity index is 653. The Labute approximate surface area is 148 Å². The second-order valence-electron chi connectivity index (χ2n) is 6.48. The van der Waals surface area contributed by atoms with E-state index in [2.05, 4.69) is 40.6 Å². The molecule has 0 spiro atoms. The monoisotopic (exact) mass is 343 g/mol. The summed E-state index contributed by atoms with van der Waals surface area (Å²) >= 11 is 1.55. The van der Waals surface area contributed by atoms with Gasteiger partial charge in [0.25, 0.3) is 0 Å². The highest BCUT2D eigenvalue weighted by Gasteiger charge is 2.20. The molecular weight excluding hydrogens is 318 g/mol. The van der Waals surface area contributed by atoms with Crippen molar-refractivity contribution in [2.75, 3.05) is 19.7 Å². The molecule has 0 bridgehead atoms. The number of morpholine rings is 1. The quantitative estimate of drug-likeness (QED) is 0.707. The molecule has 1 aromatic carbocycles. The van der Waals surface area contributed by atoms with Crippen molar-refractivity contribution < 1.29 is 9.53 Å². The van der Waals surface area contributed by atoms with Crippen LogP contribution in [0.25, 0.3) is 0 Å². The van der Waals surface area contributed by atoms with Crippen LogP contribution in [0.2, 0.25) is 0 Å². The number of benzene rings is 1. The summed E-state index contributed by atoms with van der Waals surface area (Å²) in [5.41, 5.74) is 2.65. The number of Topliss-reactive ketones (excluding diaryl/α,β-unsaturated/α-hetero) is 1. The number of rotatable bonds is 7. The molecule has 0 saturated carbocycles. The van der Waals surface area contributed by atoms with Crippen LogP contribution in [0.1, 0.15) is 40.6 Å². The van der Waals surface area contributed by atoms with Gasteiger partial charge in [-0.3, -0.25) is 9.69 Å². The van der Waals surface area contributed by atoms with Crippen LogP contribution in [0.3, 0.4) is 0 Å². The molecule has 0 radical (unpaired) electrons. The maximum atomic E-state index is 11.4. The SMILES string of the molecule is CC(=O)c1cc(CN2CCOC(CCCc3ccccc3)C2)cs1. The summed E-state index contributed by atoms with van der Waals surface area (Å²) in [5, 5.41) is 2.11. The first kappa shape index (κ1) is 17.3. The summed E-state index contributed by atoms with van der Waals surface area (Å²) < 4.78 is 5.93. The van der Waals surface area contributed by atoms with E-state index in [9.17, 15) is 4.79 Å². The Morgan fingerprint density at radius 3 is 2.88 bits per heavy atom. The minimum absolute atomic E-state index is 0.159. The third-order valence-electron chi connectivity index (χ3n) is 4.46. The molecule has 3 nitrogen and oxygen atoms in total. The molecular formula is C20H25NO2S. The smallest absolute Gasteiger partial charge is 0.169 e. The molecule has 1 aromatic heterocycles. The summed E-state index contributed by atoms with van der Waals surface area (Å²) in [7, 11) is 0. The number of carbonyl (C=O) groups excluding carboxylic acids is 1. The third-order valence-corrected chi connectivity index (χ3v) is 5.54. The number of carbonyl (C=O) groups is 1. The minimum Gasteiger partial charge on any atom is -0.376 e. The van der Waals surface area contributed by atoms with E-state index >= 15 is 0 Å². The molecule has 1 saturated heterocycles. The summed E-state index contributed by atoms with van der Waals surface area (Å²) in [6, 6.07) is 12.7. The van der Waals surface area contributed by atoms with Crippen molar-refractivity contribution in [3.63, 3.8) is 0 Å². The van der Waals surface area contributed by atoms with Gasteiger partial charge in [-0.2, -0.15) is 0 Å². The number of hydrogen-bond donors (Lipinski definition) is 0. The van der Waals surface area contributed by atoms with Crippen molar-refractivity contribution in [2.45, 2.75) is 38.8 Å². The molecule has 0 N–H and O–H groups in total. The topological polar surface area (TPSA) is 29.5 Å². The van der Waals surface area contributed by atoms with E-state index in [4.69, 9.17) is 4.74 Å². The first-order valence-electron chi connectivity index (χ1n) is 8.67. The number of aryl methyl sites for hydroxylation is 1. The van der Waals surface area contributed by atoms with Gasteiger partial charge in [-0.1, -0.05) is 30.3 Å². The first-order valence-corrected chi connectivity index (χ1v) is 9.55. The highest BCUT2D eigenvalue weighted by molar-refractivity contribution is 7.12. The highest BCUT2D eigenvalue weighted by Crippen LogP contribution is 2.19. The molecule has 1 atom stereocenters. The lowest BCUT2D eigenvalue weighted by atomic mass is 10.0. The van der Waals surface area contributed by atoms with Crippen LogP contribution < -0.4 is 0 Å². The summed E-state index contributed by atoms with van der Waals surface area (Å²) in [5.74, 6) is 0.159. The largest absolute Gasteiger partial charge is 0.376 e. The van der Waals surface area contributed by atoms with E-state index in [1.165, 1.54) is 11.1 Å². The Hall–Kier alpha value is -1.49. The molecule has 2 aromatic rings. The number of ketones is 1. The maximum Gasteiger partial charge on any atom is 0.169 e. The van der Waals surface area contributed by atoms with Crippen LogP contribution in [-0.2, 0) is 17.7 Å². The van der Waals surface area contributed by atoms with Gasteiger partial charge in [0.15, 0.2) is 5.78 Å². The zero-order valence-corrected chi connectivity index (χ0v) is 15.1. The van der Waals surface area contributed by atoms with Crippen LogP contribution in [0.4, 0.5) is 0 Å². The zero-order valence-electron chi connectivity index (χ0n) is 14.2. The molecule has 0 aliphatic carbocycles. The molecule has 1 fully saturated rings. The number of thiophene rings is 1. The van der Waals surface area contributed by atoms with E-state index in [-0.39, 0.29) is 5.78 Å². The molecule has 3 rings (SSSR count). The van der Waals surface area contributed by atoms with Gasteiger partial charge in [0.05, 0.1) is 17.6 Å². The third kappa shape index (κ3) is 5.00. The lowest BCUT2D eigenvalue weighted by molar-refractivity contribution is -0.0354. The van der Waals surface area contributed by atoms with Gasteiger partial charge < -0.3 is 4.74 Å². The standard InChI is InChI=1S/C20H25NO2S/c1-16(22)20-12-18(15-24-20)13-21-10-11-23-19(14-21)9-5-8-17-6-3-2-4-7-17/h2-4,6-7,12,15,19H,5,8-11,13-14H2,1H3. The average molecular weight is 343 g/mol. The fourth-order valence-corrected chi connectivity index (χ4v) is 3.98. The second-order valence-corrected chi connectivity index (χ2v) is 7.39. The Kier molecular flexibility index (Phi) is 6.18. The van der Waals surface area contributed by atoms with Crippen LogP contribution >= 0.6 is 11.3 Å². The number of nitrogens with zero attached hydrogens (tertiary/aromatic N) is 1. The van der Waals surface area contributed by atoms with Crippen LogP contribution in [0, 0.1) is 0 Å². The van der Waals surface area contributed by atoms with Gasteiger partial charge in [-0.25, -0.2) is 0 Å². The van der Waals surface area contributed by atoms with Crippen LogP contribution in [0.15, 0.2) is 41.8 Å². The molecule has 1 unspecified atom stereocenters. The van der Waals surface area contributed by atoms with E-state index in [0.29, 0.717) is 6.10 Å². The molecule has 128 valence electrons. The van der Waals surface area contributed by atoms with Crippen molar-refractivity contribution in [1.29, 1.82) is 0 Å². The zero-order chi connectivity index (χ0) is 16.8. The fraction of sp³-hybridized carbons (Fsp3) is 0.450. The van der Waals surface area contributed by atoms with Gasteiger partial charge in [0, 0.05) is 19.6 Å². The van der Waals surface area contributed by atoms with Crippen LogP contribution in [0.5, 0.6) is 0 Å². The van der Waals surface area contributed by atoms with E-state index in [1.807, 2.05) is 6.07 Å². The predicted octanol–water partition coefficient (Wildman–Crippen LogP) is 4.17. The highest BCUT2D eigenvalue weighted by atomic mass is 32.1. The predicted molar refractivity (Wildman–Crippen MR) is 98.7 cm³/mol. The Morgan fingerprint density at radius 1 is 1.29 bits per heavy atom. The normalized spacial score (nSPS) is 18.6. The van der Waals surface area contributed by atoms with Crippen molar-refractivity contribution in [3.8, 4) is 0 Å². The first-order chi connectivity index (χ1) is 11.7. The van der Waals surface area contributed by atoms with Crippen molar-refractivity contribution in [1.82, 2.24) is 4.90 Å². The lowest BCUT2D eigenvalue weighted by Gasteiger charge is -2.32. The maximum absolute atomic E-state index is 11.4. The van der Waals surface area contributed by atoms with Gasteiger partial charge in [-0.15, -0.1) is 11.3 Å². The molecule has 1 aliphatic heterocycles. The Morgan fingerprint density at radius 2 is 2.12 bits per heavy atom. The molecule has 24 heavy (non-hydrogen) atoms. The van der Waals surface area contributed by atoms with Crippen molar-refractivity contribution in [2.24, 2.45) is 0 Å². The number of hydrogen-bond acceptors (Lipinski definition) is 4. The van der Waals surface area contributed by atoms with Crippen LogP contribution in [-0.4, -0.2) is 36.5 Å². The molecule has 0 amide bonds. The summed E-state index contributed by atoms with van der Waals surface area (Å²) in [6.07, 6.45) is 3.71. The van der Waals surface area contributed by atoms with E-state index in [0.717, 1.165) is 50.4 Å². The molecule has 4 heteroatoms. The molecule has 2 heterocycles. The van der Waals surface area contributed by atoms with Gasteiger partial charge in [0.1, 0.15) is 0 Å². The van der Waals surface area contributed by atoms with E-state index < -0.39 is 0 Å². The van der Waals surface area contributed by atoms with Gasteiger partial charge >= 0.3 is 0 Å². The second kappa shape index (κ2) is 8.56. The average Bonchev–Trinajstić information content (AvgIpc) is 3.05. The summed E-state index contributed by atoms with van der Waals surface area (Å²) in [6.45, 7) is 5.32. The lowest BCUT2D eigenvalue weighted by Crippen LogP contribution is -2.41. The molecule has 1 aliphatic rings. The van der Waals surface area contributed by atoms with Gasteiger partial charge in [0.2, 0.25) is 0 Å².